The molecule has 0 atom stereocenters. The second-order valence-corrected chi connectivity index (χ2v) is 13.0. The summed E-state index contributed by atoms with van der Waals surface area (Å²) in [6.45, 7) is 0. The first-order valence-corrected chi connectivity index (χ1v) is 16.8. The van der Waals surface area contributed by atoms with Crippen molar-refractivity contribution < 1.29 is 8.83 Å². The summed E-state index contributed by atoms with van der Waals surface area (Å²) < 4.78 is 13.5. The fourth-order valence-corrected chi connectivity index (χ4v) is 8.45. The summed E-state index contributed by atoms with van der Waals surface area (Å²) in [6.07, 6.45) is 6.92. The summed E-state index contributed by atoms with van der Waals surface area (Å²) >= 11 is 0. The number of hydrogen-bond donors (Lipinski definition) is 0. The first-order chi connectivity index (χ1) is 23.8. The van der Waals surface area contributed by atoms with Crippen LogP contribution in [-0.4, -0.2) is 0 Å². The quantitative estimate of drug-likeness (QED) is 0.194. The van der Waals surface area contributed by atoms with Gasteiger partial charge >= 0.3 is 0 Å². The van der Waals surface area contributed by atoms with Crippen LogP contribution in [0.2, 0.25) is 0 Å². The van der Waals surface area contributed by atoms with E-state index >= 15 is 0 Å². The van der Waals surface area contributed by atoms with Crippen molar-refractivity contribution in [2.24, 2.45) is 0 Å². The molecule has 0 fully saturated rings. The number of furan rings is 2. The zero-order valence-corrected chi connectivity index (χ0v) is 26.1. The van der Waals surface area contributed by atoms with Crippen LogP contribution in [0.4, 0.5) is 0 Å². The van der Waals surface area contributed by atoms with Gasteiger partial charge < -0.3 is 8.83 Å². The lowest BCUT2D eigenvalue weighted by Crippen LogP contribution is -2.31. The van der Waals surface area contributed by atoms with E-state index in [0.717, 1.165) is 73.1 Å². The summed E-state index contributed by atoms with van der Waals surface area (Å²) in [7, 11) is 0. The Balaban J connectivity index is 1.36. The third-order valence-electron chi connectivity index (χ3n) is 10.5. The zero-order chi connectivity index (χ0) is 31.3. The molecule has 2 heteroatoms. The highest BCUT2D eigenvalue weighted by Gasteiger charge is 2.23. The van der Waals surface area contributed by atoms with Crippen LogP contribution in [0.5, 0.6) is 0 Å². The average Bonchev–Trinajstić information content (AvgIpc) is 3.73. The SMILES string of the molecule is C1=c2c(-c3cccc4ccccc34)c3ccccc3c(-c3cc4c(ccc5c6ccccc6oc54)c4c3oc3ccccc34)c2=CCC1. The molecule has 0 amide bonds. The molecule has 1 aliphatic rings. The number of hydrogen-bond acceptors (Lipinski definition) is 2. The van der Waals surface area contributed by atoms with Crippen LogP contribution in [-0.2, 0) is 0 Å². The molecule has 2 nitrogen and oxygen atoms in total. The zero-order valence-electron chi connectivity index (χ0n) is 26.1. The molecule has 0 radical (unpaired) electrons. The van der Waals surface area contributed by atoms with Crippen LogP contribution in [0.25, 0.3) is 111 Å². The van der Waals surface area contributed by atoms with Crippen LogP contribution in [0.1, 0.15) is 12.8 Å². The summed E-state index contributed by atoms with van der Waals surface area (Å²) in [5.74, 6) is 0. The van der Waals surface area contributed by atoms with E-state index in [9.17, 15) is 0 Å². The monoisotopic (exact) mass is 612 g/mol. The highest BCUT2D eigenvalue weighted by molar-refractivity contribution is 6.29. The van der Waals surface area contributed by atoms with Gasteiger partial charge in [0.25, 0.3) is 0 Å². The molecule has 1 aliphatic carbocycles. The van der Waals surface area contributed by atoms with Gasteiger partial charge in [-0.1, -0.05) is 121 Å². The van der Waals surface area contributed by atoms with Gasteiger partial charge in [-0.25, -0.2) is 0 Å². The Bertz CT molecular complexity index is 3110. The van der Waals surface area contributed by atoms with Gasteiger partial charge in [-0.3, -0.25) is 0 Å². The van der Waals surface area contributed by atoms with Gasteiger partial charge in [0.1, 0.15) is 22.3 Å². The Morgan fingerprint density at radius 1 is 0.375 bits per heavy atom. The molecule has 224 valence electrons. The number of benzene rings is 8. The molecular weight excluding hydrogens is 585 g/mol. The summed E-state index contributed by atoms with van der Waals surface area (Å²) in [5.41, 5.74) is 8.54. The molecular formula is C46H28O2. The number of rotatable bonds is 2. The van der Waals surface area contributed by atoms with Gasteiger partial charge in [-0.05, 0) is 85.6 Å². The Morgan fingerprint density at radius 2 is 0.938 bits per heavy atom. The lowest BCUT2D eigenvalue weighted by molar-refractivity contribution is 0.670. The molecule has 48 heavy (non-hydrogen) atoms. The molecule has 0 saturated heterocycles. The molecule has 2 heterocycles. The van der Waals surface area contributed by atoms with Crippen molar-refractivity contribution in [3.63, 3.8) is 0 Å². The Morgan fingerprint density at radius 3 is 1.71 bits per heavy atom. The topological polar surface area (TPSA) is 26.3 Å². The molecule has 0 bridgehead atoms. The first-order valence-electron chi connectivity index (χ1n) is 16.8. The maximum atomic E-state index is 6.87. The van der Waals surface area contributed by atoms with E-state index in [2.05, 4.69) is 140 Å². The van der Waals surface area contributed by atoms with Crippen molar-refractivity contribution in [1.29, 1.82) is 0 Å². The van der Waals surface area contributed by atoms with Gasteiger partial charge in [0.15, 0.2) is 0 Å². The Hall–Kier alpha value is -6.12. The lowest BCUT2D eigenvalue weighted by atomic mass is 9.84. The number of para-hydroxylation sites is 2. The van der Waals surface area contributed by atoms with E-state index in [1.165, 1.54) is 48.7 Å². The van der Waals surface area contributed by atoms with Crippen molar-refractivity contribution in [3.8, 4) is 22.3 Å². The van der Waals surface area contributed by atoms with Crippen molar-refractivity contribution in [2.45, 2.75) is 12.8 Å². The van der Waals surface area contributed by atoms with Crippen molar-refractivity contribution in [3.05, 3.63) is 144 Å². The Kier molecular flexibility index (Phi) is 5.25. The summed E-state index contributed by atoms with van der Waals surface area (Å²) in [5, 5.41) is 14.4. The van der Waals surface area contributed by atoms with Crippen molar-refractivity contribution >= 4 is 88.3 Å². The van der Waals surface area contributed by atoms with E-state index in [-0.39, 0.29) is 0 Å². The van der Waals surface area contributed by atoms with Gasteiger partial charge in [0, 0.05) is 38.1 Å². The van der Waals surface area contributed by atoms with E-state index in [4.69, 9.17) is 8.83 Å². The fraction of sp³-hybridized carbons (Fsp3) is 0.0435. The van der Waals surface area contributed by atoms with E-state index in [1.54, 1.807) is 0 Å². The van der Waals surface area contributed by atoms with Gasteiger partial charge in [-0.2, -0.15) is 0 Å². The predicted octanol–water partition coefficient (Wildman–Crippen LogP) is 11.6. The van der Waals surface area contributed by atoms with Crippen LogP contribution in [0.15, 0.2) is 142 Å². The van der Waals surface area contributed by atoms with Crippen LogP contribution < -0.4 is 10.4 Å². The van der Waals surface area contributed by atoms with Crippen molar-refractivity contribution in [2.75, 3.05) is 0 Å². The normalized spacial score (nSPS) is 13.2. The largest absolute Gasteiger partial charge is 0.455 e. The standard InChI is InChI=1S/C46H28O2/c1-2-14-28-27(12-1)13-11-21-30(28)42-31-16-3-5-18-33(31)43(34-19-6-4-17-32(34)42)39-26-38-35(44-37-20-8-10-23-41(37)48-46(39)44)24-25-36-29-15-7-9-22-40(29)47-45(36)38/h1-3,5,7-26H,4,6H2. The smallest absolute Gasteiger partial charge is 0.143 e. The molecule has 10 aromatic rings. The maximum absolute atomic E-state index is 6.87. The lowest BCUT2D eigenvalue weighted by Gasteiger charge is -2.19. The third-order valence-corrected chi connectivity index (χ3v) is 10.5. The Labute approximate surface area is 275 Å². The maximum Gasteiger partial charge on any atom is 0.143 e. The van der Waals surface area contributed by atoms with Crippen LogP contribution in [0.3, 0.4) is 0 Å². The van der Waals surface area contributed by atoms with E-state index in [1.807, 2.05) is 6.07 Å². The average molecular weight is 613 g/mol. The minimum absolute atomic E-state index is 0.895. The molecule has 2 aromatic heterocycles. The molecule has 8 aromatic carbocycles. The summed E-state index contributed by atoms with van der Waals surface area (Å²) in [6, 6.07) is 48.0. The van der Waals surface area contributed by atoms with Crippen molar-refractivity contribution in [1.82, 2.24) is 0 Å². The molecule has 0 N–H and O–H groups in total. The minimum Gasteiger partial charge on any atom is -0.455 e. The molecule has 0 unspecified atom stereocenters. The fourth-order valence-electron chi connectivity index (χ4n) is 8.45. The van der Waals surface area contributed by atoms with Gasteiger partial charge in [0.2, 0.25) is 0 Å². The first kappa shape index (κ1) is 26.0. The summed E-state index contributed by atoms with van der Waals surface area (Å²) in [4.78, 5) is 0. The second-order valence-electron chi connectivity index (χ2n) is 13.0. The van der Waals surface area contributed by atoms with E-state index < -0.39 is 0 Å². The molecule has 11 rings (SSSR count). The predicted molar refractivity (Wildman–Crippen MR) is 202 cm³/mol. The van der Waals surface area contributed by atoms with Crippen LogP contribution in [0, 0.1) is 0 Å². The van der Waals surface area contributed by atoms with E-state index in [0.29, 0.717) is 0 Å². The molecule has 0 spiro atoms. The number of fused-ring (bicyclic) bond motifs is 12. The minimum atomic E-state index is 0.895. The highest BCUT2D eigenvalue weighted by Crippen LogP contribution is 2.45. The molecule has 0 saturated carbocycles. The van der Waals surface area contributed by atoms with Gasteiger partial charge in [0.05, 0.1) is 0 Å². The molecule has 0 aliphatic heterocycles. The second kappa shape index (κ2) is 9.70. The third kappa shape index (κ3) is 3.47. The van der Waals surface area contributed by atoms with Crippen LogP contribution >= 0.6 is 0 Å². The van der Waals surface area contributed by atoms with Gasteiger partial charge in [-0.15, -0.1) is 0 Å². The highest BCUT2D eigenvalue weighted by atomic mass is 16.3.